The number of methoxy groups -OCH3 is 1. The van der Waals surface area contributed by atoms with E-state index in [2.05, 4.69) is 52.6 Å². The number of hydrogen-bond acceptors (Lipinski definition) is 4. The summed E-state index contributed by atoms with van der Waals surface area (Å²) in [6.07, 6.45) is 0. The summed E-state index contributed by atoms with van der Waals surface area (Å²) in [6.45, 7) is 13.8. The second-order valence-corrected chi connectivity index (χ2v) is 7.87. The zero-order valence-corrected chi connectivity index (χ0v) is 14.0. The van der Waals surface area contributed by atoms with Crippen molar-refractivity contribution in [1.82, 2.24) is 9.97 Å². The third kappa shape index (κ3) is 5.11. The van der Waals surface area contributed by atoms with E-state index in [4.69, 9.17) is 9.72 Å². The largest absolute Gasteiger partial charge is 0.384 e. The van der Waals surface area contributed by atoms with Gasteiger partial charge in [-0.15, -0.1) is 11.8 Å². The molecule has 19 heavy (non-hydrogen) atoms. The Morgan fingerprint density at radius 2 is 1.68 bits per heavy atom. The number of hydrogen-bond donors (Lipinski definition) is 0. The molecule has 0 atom stereocenters. The van der Waals surface area contributed by atoms with E-state index < -0.39 is 0 Å². The fourth-order valence-corrected chi connectivity index (χ4v) is 2.25. The van der Waals surface area contributed by atoms with Crippen molar-refractivity contribution in [3.05, 3.63) is 17.6 Å². The van der Waals surface area contributed by atoms with Crippen molar-refractivity contribution >= 4 is 11.8 Å². The van der Waals surface area contributed by atoms with Crippen LogP contribution in [0.4, 0.5) is 0 Å². The summed E-state index contributed by atoms with van der Waals surface area (Å²) >= 11 is 1.73. The van der Waals surface area contributed by atoms with Crippen LogP contribution in [0.5, 0.6) is 0 Å². The molecule has 0 radical (unpaired) electrons. The number of thioether (sulfide) groups is 1. The van der Waals surface area contributed by atoms with Crippen molar-refractivity contribution in [1.29, 1.82) is 0 Å². The van der Waals surface area contributed by atoms with Crippen molar-refractivity contribution in [2.45, 2.75) is 57.4 Å². The highest BCUT2D eigenvalue weighted by Gasteiger charge is 2.23. The molecule has 4 heteroatoms. The van der Waals surface area contributed by atoms with Crippen molar-refractivity contribution in [2.24, 2.45) is 0 Å². The Morgan fingerprint density at radius 3 is 2.16 bits per heavy atom. The van der Waals surface area contributed by atoms with Crippen LogP contribution < -0.4 is 0 Å². The van der Waals surface area contributed by atoms with Gasteiger partial charge in [-0.2, -0.15) is 0 Å². The molecule has 0 saturated carbocycles. The third-order valence-corrected chi connectivity index (χ3v) is 3.55. The fraction of sp³-hybridized carbons (Fsp3) is 0.733. The average Bonchev–Trinajstić information content (AvgIpc) is 2.27. The SMILES string of the molecule is COCCSc1cc(C(C)(C)C)nc(C(C)(C)C)n1. The normalized spacial score (nSPS) is 12.8. The number of nitrogens with zero attached hydrogens (tertiary/aromatic N) is 2. The van der Waals surface area contributed by atoms with Crippen LogP contribution in [0.1, 0.15) is 53.1 Å². The standard InChI is InChI=1S/C15H26N2OS/c1-14(2,3)11-10-12(19-9-8-18-7)17-13(16-11)15(4,5)6/h10H,8-9H2,1-7H3. The molecule has 0 aliphatic carbocycles. The molecule has 0 saturated heterocycles. The van der Waals surface area contributed by atoms with Crippen molar-refractivity contribution in [3.8, 4) is 0 Å². The molecule has 0 N–H and O–H groups in total. The van der Waals surface area contributed by atoms with Crippen molar-refractivity contribution in [2.75, 3.05) is 19.5 Å². The highest BCUT2D eigenvalue weighted by molar-refractivity contribution is 7.99. The second kappa shape index (κ2) is 6.23. The van der Waals surface area contributed by atoms with Crippen LogP contribution >= 0.6 is 11.8 Å². The van der Waals surface area contributed by atoms with Gasteiger partial charge in [0.1, 0.15) is 10.9 Å². The molecule has 1 aromatic rings. The molecular formula is C15H26N2OS. The lowest BCUT2D eigenvalue weighted by Crippen LogP contribution is -2.22. The smallest absolute Gasteiger partial charge is 0.135 e. The molecule has 0 amide bonds. The van der Waals surface area contributed by atoms with Crippen molar-refractivity contribution in [3.63, 3.8) is 0 Å². The first-order valence-electron chi connectivity index (χ1n) is 6.66. The highest BCUT2D eigenvalue weighted by Crippen LogP contribution is 2.28. The van der Waals surface area contributed by atoms with Crippen LogP contribution in [0.3, 0.4) is 0 Å². The van der Waals surface area contributed by atoms with Crippen LogP contribution in [0, 0.1) is 0 Å². The molecule has 0 aromatic carbocycles. The predicted octanol–water partition coefficient (Wildman–Crippen LogP) is 3.81. The topological polar surface area (TPSA) is 35.0 Å². The van der Waals surface area contributed by atoms with E-state index in [0.717, 1.165) is 28.9 Å². The van der Waals surface area contributed by atoms with Gasteiger partial charge >= 0.3 is 0 Å². The summed E-state index contributed by atoms with van der Waals surface area (Å²) in [5.74, 6) is 1.83. The summed E-state index contributed by atoms with van der Waals surface area (Å²) in [4.78, 5) is 9.43. The quantitative estimate of drug-likeness (QED) is 0.478. The predicted molar refractivity (Wildman–Crippen MR) is 82.0 cm³/mol. The second-order valence-electron chi connectivity index (χ2n) is 6.76. The van der Waals surface area contributed by atoms with Gasteiger partial charge in [0.2, 0.25) is 0 Å². The molecule has 108 valence electrons. The lowest BCUT2D eigenvalue weighted by atomic mass is 9.90. The zero-order valence-electron chi connectivity index (χ0n) is 13.2. The minimum atomic E-state index is -0.0299. The van der Waals surface area contributed by atoms with Gasteiger partial charge in [0, 0.05) is 23.7 Å². The van der Waals surface area contributed by atoms with Gasteiger partial charge in [-0.05, 0) is 6.07 Å². The lowest BCUT2D eigenvalue weighted by Gasteiger charge is -2.23. The van der Waals surface area contributed by atoms with Crippen LogP contribution in [0.2, 0.25) is 0 Å². The van der Waals surface area contributed by atoms with Crippen LogP contribution in [-0.4, -0.2) is 29.4 Å². The molecule has 0 bridgehead atoms. The number of rotatable bonds is 4. The maximum atomic E-state index is 5.09. The maximum absolute atomic E-state index is 5.09. The molecule has 3 nitrogen and oxygen atoms in total. The first kappa shape index (κ1) is 16.4. The first-order chi connectivity index (χ1) is 8.64. The summed E-state index contributed by atoms with van der Waals surface area (Å²) in [5.41, 5.74) is 1.12. The average molecular weight is 282 g/mol. The zero-order chi connectivity index (χ0) is 14.7. The van der Waals surface area contributed by atoms with Gasteiger partial charge in [-0.3, -0.25) is 0 Å². The summed E-state index contributed by atoms with van der Waals surface area (Å²) in [6, 6.07) is 2.11. The van der Waals surface area contributed by atoms with E-state index in [-0.39, 0.29) is 10.8 Å². The highest BCUT2D eigenvalue weighted by atomic mass is 32.2. The fourth-order valence-electron chi connectivity index (χ4n) is 1.45. The minimum absolute atomic E-state index is 0.0299. The Morgan fingerprint density at radius 1 is 1.05 bits per heavy atom. The van der Waals surface area contributed by atoms with Gasteiger partial charge in [0.05, 0.1) is 12.3 Å². The Bertz CT molecular complexity index is 387. The first-order valence-corrected chi connectivity index (χ1v) is 7.65. The molecule has 0 spiro atoms. The maximum Gasteiger partial charge on any atom is 0.135 e. The van der Waals surface area contributed by atoms with Crippen LogP contribution in [0.25, 0.3) is 0 Å². The Labute approximate surface area is 121 Å². The van der Waals surface area contributed by atoms with Gasteiger partial charge in [0.15, 0.2) is 0 Å². The van der Waals surface area contributed by atoms with Crippen LogP contribution in [0.15, 0.2) is 11.1 Å². The molecule has 1 heterocycles. The Kier molecular flexibility index (Phi) is 5.39. The lowest BCUT2D eigenvalue weighted by molar-refractivity contribution is 0.218. The van der Waals surface area contributed by atoms with E-state index in [1.807, 2.05) is 0 Å². The number of aromatic nitrogens is 2. The van der Waals surface area contributed by atoms with Crippen LogP contribution in [-0.2, 0) is 15.6 Å². The summed E-state index contributed by atoms with van der Waals surface area (Å²) in [5, 5.41) is 1.04. The molecule has 0 aliphatic rings. The molecule has 1 aromatic heterocycles. The van der Waals surface area contributed by atoms with E-state index in [1.165, 1.54) is 0 Å². The van der Waals surface area contributed by atoms with Gasteiger partial charge in [-0.1, -0.05) is 41.5 Å². The monoisotopic (exact) mass is 282 g/mol. The molecule has 0 aliphatic heterocycles. The molecule has 1 rings (SSSR count). The minimum Gasteiger partial charge on any atom is -0.384 e. The van der Waals surface area contributed by atoms with E-state index in [9.17, 15) is 0 Å². The van der Waals surface area contributed by atoms with E-state index >= 15 is 0 Å². The third-order valence-electron chi connectivity index (χ3n) is 2.68. The van der Waals surface area contributed by atoms with Crippen molar-refractivity contribution < 1.29 is 4.74 Å². The van der Waals surface area contributed by atoms with Gasteiger partial charge in [0.25, 0.3) is 0 Å². The van der Waals surface area contributed by atoms with E-state index in [0.29, 0.717) is 0 Å². The van der Waals surface area contributed by atoms with E-state index in [1.54, 1.807) is 18.9 Å². The Balaban J connectivity index is 3.10. The molecule has 0 unspecified atom stereocenters. The summed E-state index contributed by atoms with van der Waals surface area (Å²) in [7, 11) is 1.72. The van der Waals surface area contributed by atoms with Gasteiger partial charge < -0.3 is 4.74 Å². The Hall–Kier alpha value is -0.610. The number of ether oxygens (including phenoxy) is 1. The van der Waals surface area contributed by atoms with Gasteiger partial charge in [-0.25, -0.2) is 9.97 Å². The summed E-state index contributed by atoms with van der Waals surface area (Å²) < 4.78 is 5.09. The molecule has 0 fully saturated rings. The molecular weight excluding hydrogens is 256 g/mol.